The standard InChI is InChI=1S/C11H15N3/c1-2-13-9-12-14(10-13)8-11-6-4-3-5-7-11/h3-7,9H,2,8,10H2,1H3. The maximum atomic E-state index is 4.32. The molecule has 0 saturated heterocycles. The minimum absolute atomic E-state index is 0.897. The van der Waals surface area contributed by atoms with Crippen molar-refractivity contribution in [1.82, 2.24) is 9.91 Å². The van der Waals surface area contributed by atoms with Crippen LogP contribution in [0.15, 0.2) is 35.4 Å². The predicted molar refractivity (Wildman–Crippen MR) is 57.7 cm³/mol. The van der Waals surface area contributed by atoms with E-state index in [2.05, 4.69) is 46.2 Å². The second-order valence-electron chi connectivity index (χ2n) is 3.43. The summed E-state index contributed by atoms with van der Waals surface area (Å²) in [6, 6.07) is 10.4. The van der Waals surface area contributed by atoms with Crippen LogP contribution < -0.4 is 0 Å². The Bertz CT molecular complexity index is 308. The van der Waals surface area contributed by atoms with Gasteiger partial charge in [0.1, 0.15) is 13.0 Å². The van der Waals surface area contributed by atoms with E-state index < -0.39 is 0 Å². The topological polar surface area (TPSA) is 18.8 Å². The molecule has 0 saturated carbocycles. The van der Waals surface area contributed by atoms with Gasteiger partial charge in [0, 0.05) is 6.54 Å². The first-order chi connectivity index (χ1) is 6.88. The summed E-state index contributed by atoms with van der Waals surface area (Å²) in [5.41, 5.74) is 1.31. The fourth-order valence-electron chi connectivity index (χ4n) is 1.50. The van der Waals surface area contributed by atoms with Crippen molar-refractivity contribution in [3.8, 4) is 0 Å². The Morgan fingerprint density at radius 3 is 2.71 bits per heavy atom. The van der Waals surface area contributed by atoms with Gasteiger partial charge in [-0.15, -0.1) is 0 Å². The molecule has 1 aromatic rings. The SMILES string of the molecule is CCN1C=NN(Cc2ccccc2)C1. The van der Waals surface area contributed by atoms with Crippen LogP contribution in [-0.2, 0) is 6.54 Å². The zero-order valence-electron chi connectivity index (χ0n) is 8.43. The van der Waals surface area contributed by atoms with Crippen molar-refractivity contribution < 1.29 is 0 Å². The predicted octanol–water partition coefficient (Wildman–Crippen LogP) is 1.72. The third kappa shape index (κ3) is 2.05. The van der Waals surface area contributed by atoms with Gasteiger partial charge in [-0.3, -0.25) is 5.01 Å². The van der Waals surface area contributed by atoms with Gasteiger partial charge in [0.2, 0.25) is 0 Å². The van der Waals surface area contributed by atoms with Crippen LogP contribution in [0.2, 0.25) is 0 Å². The quantitative estimate of drug-likeness (QED) is 0.721. The van der Waals surface area contributed by atoms with Gasteiger partial charge in [0.05, 0.1) is 6.54 Å². The molecule has 14 heavy (non-hydrogen) atoms. The summed E-state index contributed by atoms with van der Waals surface area (Å²) in [7, 11) is 0. The van der Waals surface area contributed by atoms with Crippen LogP contribution in [-0.4, -0.2) is 29.5 Å². The average molecular weight is 189 g/mol. The first-order valence-corrected chi connectivity index (χ1v) is 4.95. The average Bonchev–Trinajstić information content (AvgIpc) is 2.67. The molecule has 0 aliphatic carbocycles. The molecule has 2 rings (SSSR count). The van der Waals surface area contributed by atoms with Crippen LogP contribution in [0.3, 0.4) is 0 Å². The van der Waals surface area contributed by atoms with E-state index >= 15 is 0 Å². The van der Waals surface area contributed by atoms with Crippen LogP contribution in [0.1, 0.15) is 12.5 Å². The highest BCUT2D eigenvalue weighted by molar-refractivity contribution is 5.55. The molecule has 0 aromatic heterocycles. The van der Waals surface area contributed by atoms with E-state index in [4.69, 9.17) is 0 Å². The fraction of sp³-hybridized carbons (Fsp3) is 0.364. The summed E-state index contributed by atoms with van der Waals surface area (Å²) < 4.78 is 0. The van der Waals surface area contributed by atoms with Crippen molar-refractivity contribution in [3.05, 3.63) is 35.9 Å². The number of benzene rings is 1. The summed E-state index contributed by atoms with van der Waals surface area (Å²) in [6.45, 7) is 4.96. The van der Waals surface area contributed by atoms with Crippen molar-refractivity contribution >= 4 is 6.34 Å². The molecule has 3 heteroatoms. The molecule has 0 amide bonds. The van der Waals surface area contributed by atoms with Crippen molar-refractivity contribution in [3.63, 3.8) is 0 Å². The van der Waals surface area contributed by atoms with E-state index in [9.17, 15) is 0 Å². The molecule has 0 unspecified atom stereocenters. The number of hydrogen-bond donors (Lipinski definition) is 0. The second-order valence-corrected chi connectivity index (χ2v) is 3.43. The molecule has 0 N–H and O–H groups in total. The molecule has 3 nitrogen and oxygen atoms in total. The number of rotatable bonds is 3. The lowest BCUT2D eigenvalue weighted by Crippen LogP contribution is -2.26. The second kappa shape index (κ2) is 4.13. The fourth-order valence-corrected chi connectivity index (χ4v) is 1.50. The maximum absolute atomic E-state index is 4.32. The Hall–Kier alpha value is -1.51. The van der Waals surface area contributed by atoms with Crippen molar-refractivity contribution in [2.24, 2.45) is 5.10 Å². The molecule has 1 aromatic carbocycles. The highest BCUT2D eigenvalue weighted by Crippen LogP contribution is 2.08. The Labute approximate surface area is 84.6 Å². The summed E-state index contributed by atoms with van der Waals surface area (Å²) in [5.74, 6) is 0. The van der Waals surface area contributed by atoms with Gasteiger partial charge in [-0.25, -0.2) is 0 Å². The zero-order chi connectivity index (χ0) is 9.80. The summed E-state index contributed by atoms with van der Waals surface area (Å²) in [5, 5.41) is 6.39. The Morgan fingerprint density at radius 1 is 1.29 bits per heavy atom. The molecule has 0 radical (unpaired) electrons. The van der Waals surface area contributed by atoms with Gasteiger partial charge in [0.15, 0.2) is 0 Å². The van der Waals surface area contributed by atoms with Gasteiger partial charge >= 0.3 is 0 Å². The third-order valence-corrected chi connectivity index (χ3v) is 2.34. The normalized spacial score (nSPS) is 15.2. The summed E-state index contributed by atoms with van der Waals surface area (Å²) in [6.07, 6.45) is 1.91. The Morgan fingerprint density at radius 2 is 2.07 bits per heavy atom. The van der Waals surface area contributed by atoms with Gasteiger partial charge in [0.25, 0.3) is 0 Å². The summed E-state index contributed by atoms with van der Waals surface area (Å²) >= 11 is 0. The van der Waals surface area contributed by atoms with E-state index in [0.717, 1.165) is 19.8 Å². The maximum Gasteiger partial charge on any atom is 0.113 e. The van der Waals surface area contributed by atoms with Crippen molar-refractivity contribution in [1.29, 1.82) is 0 Å². The molecule has 0 atom stereocenters. The third-order valence-electron chi connectivity index (χ3n) is 2.34. The number of hydrogen-bond acceptors (Lipinski definition) is 3. The van der Waals surface area contributed by atoms with Gasteiger partial charge in [-0.05, 0) is 12.5 Å². The highest BCUT2D eigenvalue weighted by atomic mass is 15.6. The molecular weight excluding hydrogens is 174 g/mol. The smallest absolute Gasteiger partial charge is 0.113 e. The molecule has 1 aliphatic rings. The zero-order valence-corrected chi connectivity index (χ0v) is 8.43. The van der Waals surface area contributed by atoms with E-state index in [1.807, 2.05) is 12.4 Å². The Balaban J connectivity index is 1.92. The van der Waals surface area contributed by atoms with Crippen LogP contribution in [0.25, 0.3) is 0 Å². The van der Waals surface area contributed by atoms with E-state index in [-0.39, 0.29) is 0 Å². The van der Waals surface area contributed by atoms with Crippen molar-refractivity contribution in [2.45, 2.75) is 13.5 Å². The van der Waals surface area contributed by atoms with Gasteiger partial charge in [-0.1, -0.05) is 30.3 Å². The van der Waals surface area contributed by atoms with E-state index in [1.54, 1.807) is 0 Å². The molecular formula is C11H15N3. The molecule has 0 bridgehead atoms. The van der Waals surface area contributed by atoms with Gasteiger partial charge in [-0.2, -0.15) is 5.10 Å². The largest absolute Gasteiger partial charge is 0.342 e. The van der Waals surface area contributed by atoms with E-state index in [0.29, 0.717) is 0 Å². The van der Waals surface area contributed by atoms with Gasteiger partial charge < -0.3 is 4.90 Å². The monoisotopic (exact) mass is 189 g/mol. The van der Waals surface area contributed by atoms with Crippen LogP contribution in [0, 0.1) is 0 Å². The molecule has 0 spiro atoms. The summed E-state index contributed by atoms with van der Waals surface area (Å²) in [4.78, 5) is 2.18. The minimum Gasteiger partial charge on any atom is -0.342 e. The van der Waals surface area contributed by atoms with E-state index in [1.165, 1.54) is 5.56 Å². The highest BCUT2D eigenvalue weighted by Gasteiger charge is 2.11. The lowest BCUT2D eigenvalue weighted by atomic mass is 10.2. The molecule has 1 aliphatic heterocycles. The van der Waals surface area contributed by atoms with Crippen molar-refractivity contribution in [2.75, 3.05) is 13.2 Å². The Kier molecular flexibility index (Phi) is 2.68. The van der Waals surface area contributed by atoms with Crippen LogP contribution >= 0.6 is 0 Å². The lowest BCUT2D eigenvalue weighted by Gasteiger charge is -2.17. The van der Waals surface area contributed by atoms with Crippen LogP contribution in [0.5, 0.6) is 0 Å². The lowest BCUT2D eigenvalue weighted by molar-refractivity contribution is 0.232. The number of nitrogens with zero attached hydrogens (tertiary/aromatic N) is 3. The number of hydrazone groups is 1. The molecule has 1 heterocycles. The first kappa shape index (κ1) is 9.06. The first-order valence-electron chi connectivity index (χ1n) is 4.95. The minimum atomic E-state index is 0.897. The van der Waals surface area contributed by atoms with Crippen LogP contribution in [0.4, 0.5) is 0 Å². The molecule has 0 fully saturated rings. The molecule has 74 valence electrons.